The van der Waals surface area contributed by atoms with Crippen molar-refractivity contribution in [1.29, 1.82) is 0 Å². The molecule has 0 aliphatic carbocycles. The molecule has 0 aliphatic heterocycles. The SMILES string of the molecule is CCCC[C](CCCC)(CCCC)[Sn][c]1cn(-c2cc(F)cc(Cl)c2)nn1. The summed E-state index contributed by atoms with van der Waals surface area (Å²) in [6.45, 7) is 6.83. The normalized spacial score (nSPS) is 11.9. The summed E-state index contributed by atoms with van der Waals surface area (Å²) in [5, 5.41) is 9.14. The molecule has 2 radical (unpaired) electrons. The predicted molar refractivity (Wildman–Crippen MR) is 113 cm³/mol. The van der Waals surface area contributed by atoms with Crippen molar-refractivity contribution in [1.82, 2.24) is 15.0 Å². The van der Waals surface area contributed by atoms with Gasteiger partial charge in [0.2, 0.25) is 0 Å². The Morgan fingerprint density at radius 3 is 2.11 bits per heavy atom. The molecule has 2 rings (SSSR count). The number of hydrogen-bond donors (Lipinski definition) is 0. The minimum atomic E-state index is -0.933. The first-order valence-corrected chi connectivity index (χ1v) is 13.4. The van der Waals surface area contributed by atoms with Gasteiger partial charge in [0, 0.05) is 0 Å². The third-order valence-electron chi connectivity index (χ3n) is 5.03. The molecular formula is C21H31ClFN3Sn. The molecule has 0 unspecified atom stereocenters. The molecule has 27 heavy (non-hydrogen) atoms. The van der Waals surface area contributed by atoms with E-state index < -0.39 is 21.1 Å². The average molecular weight is 499 g/mol. The van der Waals surface area contributed by atoms with Gasteiger partial charge in [0.25, 0.3) is 0 Å². The second-order valence-electron chi connectivity index (χ2n) is 7.39. The second-order valence-corrected chi connectivity index (χ2v) is 13.0. The van der Waals surface area contributed by atoms with Crippen LogP contribution in [0.5, 0.6) is 0 Å². The van der Waals surface area contributed by atoms with E-state index in [-0.39, 0.29) is 5.82 Å². The molecule has 0 aliphatic rings. The predicted octanol–water partition coefficient (Wildman–Crippen LogP) is 6.12. The summed E-state index contributed by atoms with van der Waals surface area (Å²) in [5.74, 6) is -0.349. The van der Waals surface area contributed by atoms with E-state index in [4.69, 9.17) is 11.6 Å². The summed E-state index contributed by atoms with van der Waals surface area (Å²) in [6.07, 6.45) is 13.6. The monoisotopic (exact) mass is 499 g/mol. The zero-order valence-corrected chi connectivity index (χ0v) is 20.4. The summed E-state index contributed by atoms with van der Waals surface area (Å²) < 4.78 is 17.0. The molecule has 1 heterocycles. The van der Waals surface area contributed by atoms with Crippen molar-refractivity contribution in [3.05, 3.63) is 35.2 Å². The van der Waals surface area contributed by atoms with Crippen LogP contribution in [-0.4, -0.2) is 36.1 Å². The van der Waals surface area contributed by atoms with Gasteiger partial charge in [-0.25, -0.2) is 0 Å². The molecule has 148 valence electrons. The fourth-order valence-corrected chi connectivity index (χ4v) is 8.65. The number of rotatable bonds is 12. The standard InChI is InChI=1S/C13H27.C8H4ClFN3.Sn/c1-4-7-10-13(11-8-5-2)12-9-6-3;9-6-3-7(10)5-8(4-6)13-2-1-11-12-13;/h4-12H2,1-3H3;2-5H;. The maximum absolute atomic E-state index is 13.7. The molecule has 0 N–H and O–H groups in total. The number of aromatic nitrogens is 3. The maximum atomic E-state index is 13.7. The van der Waals surface area contributed by atoms with Crippen LogP contribution in [0.3, 0.4) is 0 Å². The number of benzene rings is 1. The van der Waals surface area contributed by atoms with Crippen LogP contribution in [0.4, 0.5) is 4.39 Å². The van der Waals surface area contributed by atoms with Crippen molar-refractivity contribution in [2.45, 2.75) is 82.0 Å². The van der Waals surface area contributed by atoms with Gasteiger partial charge in [0.1, 0.15) is 0 Å². The molecule has 2 aromatic rings. The van der Waals surface area contributed by atoms with Gasteiger partial charge >= 0.3 is 179 Å². The fourth-order valence-electron chi connectivity index (χ4n) is 3.50. The van der Waals surface area contributed by atoms with Crippen LogP contribution in [0.2, 0.25) is 8.45 Å². The van der Waals surface area contributed by atoms with E-state index in [1.165, 1.54) is 69.9 Å². The van der Waals surface area contributed by atoms with Gasteiger partial charge in [-0.1, -0.05) is 0 Å². The van der Waals surface area contributed by atoms with Crippen molar-refractivity contribution in [3.8, 4) is 5.69 Å². The Labute approximate surface area is 178 Å². The fraction of sp³-hybridized carbons (Fsp3) is 0.619. The van der Waals surface area contributed by atoms with Crippen LogP contribution in [0.25, 0.3) is 5.69 Å². The molecule has 1 aromatic heterocycles. The molecule has 0 spiro atoms. The molecule has 0 saturated carbocycles. The first kappa shape index (κ1) is 22.7. The molecule has 0 fully saturated rings. The summed E-state index contributed by atoms with van der Waals surface area (Å²) in [7, 11) is 0. The molecular weight excluding hydrogens is 467 g/mol. The van der Waals surface area contributed by atoms with Gasteiger partial charge in [-0.05, 0) is 0 Å². The quantitative estimate of drug-likeness (QED) is 0.330. The van der Waals surface area contributed by atoms with Crippen LogP contribution in [0, 0.1) is 5.82 Å². The molecule has 6 heteroatoms. The molecule has 0 saturated heterocycles. The first-order valence-electron chi connectivity index (χ1n) is 10.2. The molecule has 0 bridgehead atoms. The van der Waals surface area contributed by atoms with Crippen LogP contribution >= 0.6 is 11.6 Å². The van der Waals surface area contributed by atoms with E-state index >= 15 is 0 Å². The van der Waals surface area contributed by atoms with Gasteiger partial charge in [-0.2, -0.15) is 0 Å². The molecule has 1 aromatic carbocycles. The van der Waals surface area contributed by atoms with Crippen molar-refractivity contribution in [2.24, 2.45) is 0 Å². The van der Waals surface area contributed by atoms with E-state index in [1.807, 2.05) is 6.20 Å². The van der Waals surface area contributed by atoms with Crippen molar-refractivity contribution in [3.63, 3.8) is 0 Å². The van der Waals surface area contributed by atoms with Crippen LogP contribution in [-0.2, 0) is 0 Å². The molecule has 0 amide bonds. The zero-order chi connectivity index (χ0) is 19.7. The third-order valence-corrected chi connectivity index (χ3v) is 10.3. The van der Waals surface area contributed by atoms with Crippen molar-refractivity contribution >= 4 is 36.5 Å². The second kappa shape index (κ2) is 11.4. The van der Waals surface area contributed by atoms with Gasteiger partial charge in [0.15, 0.2) is 0 Å². The molecule has 3 nitrogen and oxygen atoms in total. The van der Waals surface area contributed by atoms with Crippen molar-refractivity contribution < 1.29 is 4.39 Å². The minimum absolute atomic E-state index is 0.349. The van der Waals surface area contributed by atoms with E-state index in [0.717, 1.165) is 3.71 Å². The Hall–Kier alpha value is -0.621. The van der Waals surface area contributed by atoms with Crippen LogP contribution < -0.4 is 3.71 Å². The Morgan fingerprint density at radius 1 is 1.00 bits per heavy atom. The third kappa shape index (κ3) is 7.04. The summed E-state index contributed by atoms with van der Waals surface area (Å²) in [4.78, 5) is 0. The summed E-state index contributed by atoms with van der Waals surface area (Å²) in [6, 6.07) is 4.49. The van der Waals surface area contributed by atoms with E-state index in [1.54, 1.807) is 10.7 Å². The number of hydrogen-bond acceptors (Lipinski definition) is 2. The van der Waals surface area contributed by atoms with Gasteiger partial charge in [0.05, 0.1) is 0 Å². The average Bonchev–Trinajstić information content (AvgIpc) is 3.10. The Balaban J connectivity index is 2.23. The van der Waals surface area contributed by atoms with Gasteiger partial charge in [-0.15, -0.1) is 0 Å². The van der Waals surface area contributed by atoms with E-state index in [0.29, 0.717) is 14.1 Å². The molecule has 0 atom stereocenters. The van der Waals surface area contributed by atoms with E-state index in [2.05, 4.69) is 31.1 Å². The summed E-state index contributed by atoms with van der Waals surface area (Å²) >= 11 is 5.06. The van der Waals surface area contributed by atoms with Gasteiger partial charge < -0.3 is 0 Å². The van der Waals surface area contributed by atoms with Crippen LogP contribution in [0.15, 0.2) is 24.4 Å². The Morgan fingerprint density at radius 2 is 1.59 bits per heavy atom. The Bertz CT molecular complexity index is 662. The topological polar surface area (TPSA) is 30.7 Å². The summed E-state index contributed by atoms with van der Waals surface area (Å²) in [5.41, 5.74) is 0.638. The number of unbranched alkanes of at least 4 members (excludes halogenated alkanes) is 3. The number of nitrogens with zero attached hydrogens (tertiary/aromatic N) is 3. The van der Waals surface area contributed by atoms with Crippen molar-refractivity contribution in [2.75, 3.05) is 0 Å². The Kier molecular flexibility index (Phi) is 9.57. The first-order chi connectivity index (χ1) is 13.0. The van der Waals surface area contributed by atoms with Crippen LogP contribution in [0.1, 0.15) is 78.6 Å². The zero-order valence-electron chi connectivity index (χ0n) is 16.8. The number of halogens is 2. The van der Waals surface area contributed by atoms with E-state index in [9.17, 15) is 4.39 Å². The van der Waals surface area contributed by atoms with Gasteiger partial charge in [-0.3, -0.25) is 0 Å².